The van der Waals surface area contributed by atoms with E-state index in [2.05, 4.69) is 60.3 Å². The molecule has 4 rings (SSSR count). The molecule has 4 aromatic rings. The van der Waals surface area contributed by atoms with Gasteiger partial charge >= 0.3 is 0 Å². The van der Waals surface area contributed by atoms with E-state index in [1.165, 1.54) is 5.56 Å². The van der Waals surface area contributed by atoms with Crippen molar-refractivity contribution in [1.82, 2.24) is 15.3 Å². The van der Waals surface area contributed by atoms with Crippen LogP contribution in [0.1, 0.15) is 49.7 Å². The van der Waals surface area contributed by atoms with Gasteiger partial charge in [-0.2, -0.15) is 0 Å². The normalized spacial score (nSPS) is 12.4. The highest BCUT2D eigenvalue weighted by Gasteiger charge is 2.16. The Morgan fingerprint density at radius 2 is 1.57 bits per heavy atom. The van der Waals surface area contributed by atoms with Crippen LogP contribution in [0.2, 0.25) is 0 Å². The zero-order valence-electron chi connectivity index (χ0n) is 16.3. The largest absolute Gasteiger partial charge is 0.361 e. The Bertz CT molecular complexity index is 1050. The van der Waals surface area contributed by atoms with Crippen LogP contribution >= 0.6 is 0 Å². The third-order valence-corrected chi connectivity index (χ3v) is 4.80. The lowest BCUT2D eigenvalue weighted by Crippen LogP contribution is -1.97. The fraction of sp³-hybridized carbons (Fsp3) is 0.261. The van der Waals surface area contributed by atoms with Gasteiger partial charge in [-0.15, -0.1) is 0 Å². The minimum Gasteiger partial charge on any atom is -0.361 e. The molecule has 0 fully saturated rings. The lowest BCUT2D eigenvalue weighted by molar-refractivity contribution is 0.366. The predicted molar refractivity (Wildman–Crippen MR) is 108 cm³/mol. The van der Waals surface area contributed by atoms with Crippen LogP contribution in [-0.4, -0.2) is 15.3 Å². The molecule has 0 bridgehead atoms. The summed E-state index contributed by atoms with van der Waals surface area (Å²) in [6.45, 7) is 6.33. The number of pyridine rings is 1. The lowest BCUT2D eigenvalue weighted by atomic mass is 9.96. The zero-order chi connectivity index (χ0) is 19.5. The lowest BCUT2D eigenvalue weighted by Gasteiger charge is -2.08. The SMILES string of the molecule is CC(C)c1cc(-c2cccc(CC(C)c3cc(-c4ccccn4)no3)c2)no1. The molecule has 3 aromatic heterocycles. The molecular weight excluding hydrogens is 350 g/mol. The van der Waals surface area contributed by atoms with Gasteiger partial charge in [0.25, 0.3) is 0 Å². The first-order valence-corrected chi connectivity index (χ1v) is 9.54. The summed E-state index contributed by atoms with van der Waals surface area (Å²) in [6, 6.07) is 18.2. The molecule has 0 N–H and O–H groups in total. The second kappa shape index (κ2) is 7.80. The van der Waals surface area contributed by atoms with Crippen molar-refractivity contribution in [1.29, 1.82) is 0 Å². The van der Waals surface area contributed by atoms with Crippen LogP contribution in [0.25, 0.3) is 22.6 Å². The van der Waals surface area contributed by atoms with Crippen LogP contribution in [0, 0.1) is 0 Å². The van der Waals surface area contributed by atoms with Gasteiger partial charge in [0.2, 0.25) is 0 Å². The van der Waals surface area contributed by atoms with Crippen molar-refractivity contribution >= 4 is 0 Å². The van der Waals surface area contributed by atoms with E-state index in [0.29, 0.717) is 5.92 Å². The third kappa shape index (κ3) is 3.88. The second-order valence-electron chi connectivity index (χ2n) is 7.40. The molecule has 0 radical (unpaired) electrons. The molecule has 142 valence electrons. The molecule has 0 aliphatic heterocycles. The number of benzene rings is 1. The van der Waals surface area contributed by atoms with E-state index in [9.17, 15) is 0 Å². The molecule has 1 atom stereocenters. The summed E-state index contributed by atoms with van der Waals surface area (Å²) in [4.78, 5) is 4.33. The Kier molecular flexibility index (Phi) is 5.06. The van der Waals surface area contributed by atoms with Crippen molar-refractivity contribution in [2.75, 3.05) is 0 Å². The van der Waals surface area contributed by atoms with Gasteiger partial charge in [-0.25, -0.2) is 0 Å². The molecule has 28 heavy (non-hydrogen) atoms. The van der Waals surface area contributed by atoms with Crippen molar-refractivity contribution in [2.24, 2.45) is 0 Å². The Hall–Kier alpha value is -3.21. The minimum atomic E-state index is 0.198. The van der Waals surface area contributed by atoms with E-state index in [1.807, 2.05) is 30.3 Å². The number of rotatable bonds is 6. The highest BCUT2D eigenvalue weighted by Crippen LogP contribution is 2.28. The summed E-state index contributed by atoms with van der Waals surface area (Å²) in [5.41, 5.74) is 4.73. The summed E-state index contributed by atoms with van der Waals surface area (Å²) in [5.74, 6) is 2.28. The summed E-state index contributed by atoms with van der Waals surface area (Å²) in [6.07, 6.45) is 2.60. The molecular formula is C23H23N3O2. The number of nitrogens with zero attached hydrogens (tertiary/aromatic N) is 3. The van der Waals surface area contributed by atoms with Crippen LogP contribution in [0.3, 0.4) is 0 Å². The van der Waals surface area contributed by atoms with E-state index in [-0.39, 0.29) is 5.92 Å². The highest BCUT2D eigenvalue weighted by atomic mass is 16.5. The molecule has 0 saturated heterocycles. The zero-order valence-corrected chi connectivity index (χ0v) is 16.3. The maximum absolute atomic E-state index is 5.58. The predicted octanol–water partition coefficient (Wildman–Crippen LogP) is 5.86. The van der Waals surface area contributed by atoms with Crippen LogP contribution in [0.15, 0.2) is 69.8 Å². The maximum atomic E-state index is 5.58. The molecule has 5 heteroatoms. The average molecular weight is 373 g/mol. The molecule has 0 amide bonds. The summed E-state index contributed by atoms with van der Waals surface area (Å²) < 4.78 is 11.0. The fourth-order valence-electron chi connectivity index (χ4n) is 3.17. The minimum absolute atomic E-state index is 0.198. The van der Waals surface area contributed by atoms with E-state index < -0.39 is 0 Å². The summed E-state index contributed by atoms with van der Waals surface area (Å²) in [7, 11) is 0. The van der Waals surface area contributed by atoms with E-state index in [0.717, 1.165) is 40.6 Å². The summed E-state index contributed by atoms with van der Waals surface area (Å²) >= 11 is 0. The van der Waals surface area contributed by atoms with Gasteiger partial charge in [0.15, 0.2) is 0 Å². The van der Waals surface area contributed by atoms with Crippen LogP contribution < -0.4 is 0 Å². The monoisotopic (exact) mass is 373 g/mol. The van der Waals surface area contributed by atoms with E-state index in [4.69, 9.17) is 9.05 Å². The molecule has 3 heterocycles. The second-order valence-corrected chi connectivity index (χ2v) is 7.40. The van der Waals surface area contributed by atoms with Gasteiger partial charge in [0.1, 0.15) is 22.9 Å². The van der Waals surface area contributed by atoms with Crippen LogP contribution in [0.4, 0.5) is 0 Å². The topological polar surface area (TPSA) is 65.0 Å². The van der Waals surface area contributed by atoms with Gasteiger partial charge in [-0.3, -0.25) is 4.98 Å². The van der Waals surface area contributed by atoms with Gasteiger partial charge in [-0.1, -0.05) is 55.4 Å². The van der Waals surface area contributed by atoms with Gasteiger partial charge in [-0.05, 0) is 30.2 Å². The third-order valence-electron chi connectivity index (χ3n) is 4.80. The fourth-order valence-corrected chi connectivity index (χ4v) is 3.17. The Morgan fingerprint density at radius 1 is 0.786 bits per heavy atom. The van der Waals surface area contributed by atoms with Gasteiger partial charge < -0.3 is 9.05 Å². The molecule has 0 spiro atoms. The van der Waals surface area contributed by atoms with Gasteiger partial charge in [0, 0.05) is 35.7 Å². The number of hydrogen-bond donors (Lipinski definition) is 0. The quantitative estimate of drug-likeness (QED) is 0.423. The smallest absolute Gasteiger partial charge is 0.140 e. The van der Waals surface area contributed by atoms with Crippen molar-refractivity contribution in [2.45, 2.75) is 39.0 Å². The first-order valence-electron chi connectivity index (χ1n) is 9.54. The molecule has 5 nitrogen and oxygen atoms in total. The Balaban J connectivity index is 1.50. The first-order chi connectivity index (χ1) is 13.6. The average Bonchev–Trinajstić information content (AvgIpc) is 3.39. The first kappa shape index (κ1) is 18.2. The van der Waals surface area contributed by atoms with Crippen molar-refractivity contribution < 1.29 is 9.05 Å². The number of hydrogen-bond acceptors (Lipinski definition) is 5. The number of aromatic nitrogens is 3. The van der Waals surface area contributed by atoms with Crippen LogP contribution in [0.5, 0.6) is 0 Å². The summed E-state index contributed by atoms with van der Waals surface area (Å²) in [5, 5.41) is 8.39. The van der Waals surface area contributed by atoms with Crippen molar-refractivity contribution in [3.63, 3.8) is 0 Å². The van der Waals surface area contributed by atoms with Crippen molar-refractivity contribution in [3.05, 3.63) is 77.9 Å². The highest BCUT2D eigenvalue weighted by molar-refractivity contribution is 5.60. The molecule has 0 saturated carbocycles. The molecule has 0 aliphatic rings. The van der Waals surface area contributed by atoms with E-state index in [1.54, 1.807) is 6.20 Å². The van der Waals surface area contributed by atoms with Crippen LogP contribution in [-0.2, 0) is 6.42 Å². The van der Waals surface area contributed by atoms with E-state index >= 15 is 0 Å². The van der Waals surface area contributed by atoms with Gasteiger partial charge in [0.05, 0.1) is 5.69 Å². The Morgan fingerprint density at radius 3 is 2.32 bits per heavy atom. The van der Waals surface area contributed by atoms with Crippen molar-refractivity contribution in [3.8, 4) is 22.6 Å². The molecule has 0 aliphatic carbocycles. The standard InChI is InChI=1S/C23H23N3O2/c1-15(2)22-13-20(25-27-22)18-8-6-7-17(12-18)11-16(3)23-14-21(26-28-23)19-9-4-5-10-24-19/h4-10,12-16H,11H2,1-3H3. The molecule has 1 aromatic carbocycles. The molecule has 1 unspecified atom stereocenters. The Labute approximate surface area is 164 Å². The maximum Gasteiger partial charge on any atom is 0.140 e.